The molecule has 0 aliphatic heterocycles. The highest BCUT2D eigenvalue weighted by Gasteiger charge is 2.21. The Hall–Kier alpha value is -0.650. The second-order valence-corrected chi connectivity index (χ2v) is 7.10. The summed E-state index contributed by atoms with van der Waals surface area (Å²) in [6, 6.07) is 2.78. The molecule has 2 aromatic heterocycles. The van der Waals surface area contributed by atoms with E-state index in [1.165, 1.54) is 30.5 Å². The summed E-state index contributed by atoms with van der Waals surface area (Å²) in [7, 11) is 2.03. The van der Waals surface area contributed by atoms with Crippen LogP contribution in [-0.2, 0) is 26.4 Å². The van der Waals surface area contributed by atoms with Crippen LogP contribution in [0.5, 0.6) is 0 Å². The molecule has 0 saturated carbocycles. The average molecular weight is 354 g/mol. The first-order chi connectivity index (χ1) is 9.70. The van der Waals surface area contributed by atoms with Crippen molar-refractivity contribution in [1.82, 2.24) is 15.1 Å². The van der Waals surface area contributed by atoms with Gasteiger partial charge >= 0.3 is 0 Å². The summed E-state index contributed by atoms with van der Waals surface area (Å²) < 4.78 is 3.16. The Bertz CT molecular complexity index is 602. The SMILES string of the molecule is CCc1nn(C)c(CNC2CCCc3sccc32)c1Br. The van der Waals surface area contributed by atoms with Crippen LogP contribution in [0.15, 0.2) is 15.9 Å². The number of hydrogen-bond donors (Lipinski definition) is 1. The Balaban J connectivity index is 1.74. The van der Waals surface area contributed by atoms with E-state index in [-0.39, 0.29) is 0 Å². The maximum absolute atomic E-state index is 4.56. The minimum absolute atomic E-state index is 0.497. The standard InChI is InChI=1S/C15H20BrN3S/c1-3-11-15(16)13(19(2)18-11)9-17-12-5-4-6-14-10(12)7-8-20-14/h7-8,12,17H,3-6,9H2,1-2H3. The van der Waals surface area contributed by atoms with E-state index in [9.17, 15) is 0 Å². The number of nitrogens with zero attached hydrogens (tertiary/aromatic N) is 2. The van der Waals surface area contributed by atoms with Crippen molar-refractivity contribution in [3.8, 4) is 0 Å². The van der Waals surface area contributed by atoms with Gasteiger partial charge in [0.05, 0.1) is 15.9 Å². The molecule has 1 atom stereocenters. The van der Waals surface area contributed by atoms with E-state index in [1.54, 1.807) is 4.88 Å². The van der Waals surface area contributed by atoms with Crippen LogP contribution in [0.1, 0.15) is 47.6 Å². The number of halogens is 1. The smallest absolute Gasteiger partial charge is 0.0767 e. The summed E-state index contributed by atoms with van der Waals surface area (Å²) in [4.78, 5) is 1.56. The fraction of sp³-hybridized carbons (Fsp3) is 0.533. The molecule has 1 aliphatic carbocycles. The molecule has 1 aliphatic rings. The maximum Gasteiger partial charge on any atom is 0.0767 e. The van der Waals surface area contributed by atoms with E-state index in [1.807, 2.05) is 23.1 Å². The first-order valence-electron chi connectivity index (χ1n) is 7.20. The van der Waals surface area contributed by atoms with Crippen molar-refractivity contribution >= 4 is 27.3 Å². The predicted molar refractivity (Wildman–Crippen MR) is 87.1 cm³/mol. The Morgan fingerprint density at radius 2 is 2.40 bits per heavy atom. The molecule has 0 saturated heterocycles. The lowest BCUT2D eigenvalue weighted by Crippen LogP contribution is -2.25. The molecule has 0 radical (unpaired) electrons. The number of rotatable bonds is 4. The first kappa shape index (κ1) is 14.3. The zero-order valence-electron chi connectivity index (χ0n) is 11.9. The van der Waals surface area contributed by atoms with E-state index in [0.717, 1.165) is 23.1 Å². The van der Waals surface area contributed by atoms with Gasteiger partial charge < -0.3 is 5.32 Å². The van der Waals surface area contributed by atoms with E-state index in [2.05, 4.69) is 44.7 Å². The lowest BCUT2D eigenvalue weighted by Gasteiger charge is -2.24. The molecule has 1 N–H and O–H groups in total. The van der Waals surface area contributed by atoms with Crippen molar-refractivity contribution in [2.24, 2.45) is 7.05 Å². The molecule has 0 spiro atoms. The number of thiophene rings is 1. The quantitative estimate of drug-likeness (QED) is 0.900. The van der Waals surface area contributed by atoms with Crippen molar-refractivity contribution in [1.29, 1.82) is 0 Å². The Morgan fingerprint density at radius 3 is 3.15 bits per heavy atom. The molecule has 20 heavy (non-hydrogen) atoms. The van der Waals surface area contributed by atoms with Crippen molar-refractivity contribution in [2.45, 2.75) is 45.2 Å². The highest BCUT2D eigenvalue weighted by molar-refractivity contribution is 9.10. The normalized spacial score (nSPS) is 18.2. The van der Waals surface area contributed by atoms with E-state index >= 15 is 0 Å². The number of aryl methyl sites for hydroxylation is 3. The highest BCUT2D eigenvalue weighted by atomic mass is 79.9. The summed E-state index contributed by atoms with van der Waals surface area (Å²) >= 11 is 5.59. The Labute approximate surface area is 132 Å². The molecule has 0 amide bonds. The van der Waals surface area contributed by atoms with Crippen molar-refractivity contribution < 1.29 is 0 Å². The van der Waals surface area contributed by atoms with Gasteiger partial charge in [-0.2, -0.15) is 5.10 Å². The second-order valence-electron chi connectivity index (χ2n) is 5.31. The van der Waals surface area contributed by atoms with Gasteiger partial charge in [-0.3, -0.25) is 4.68 Å². The number of nitrogens with one attached hydrogen (secondary N) is 1. The van der Waals surface area contributed by atoms with Gasteiger partial charge in [-0.05, 0) is 58.6 Å². The summed E-state index contributed by atoms with van der Waals surface area (Å²) in [6.07, 6.45) is 4.74. The van der Waals surface area contributed by atoms with E-state index in [0.29, 0.717) is 6.04 Å². The average Bonchev–Trinajstić information content (AvgIpc) is 3.02. The Morgan fingerprint density at radius 1 is 1.55 bits per heavy atom. The third-order valence-corrected chi connectivity index (χ3v) is 5.98. The van der Waals surface area contributed by atoms with Crippen LogP contribution < -0.4 is 5.32 Å². The molecule has 0 bridgehead atoms. The summed E-state index contributed by atoms with van der Waals surface area (Å²) in [6.45, 7) is 3.01. The molecular formula is C15H20BrN3S. The summed E-state index contributed by atoms with van der Waals surface area (Å²) in [5, 5.41) is 10.5. The van der Waals surface area contributed by atoms with Crippen LogP contribution in [0.3, 0.4) is 0 Å². The topological polar surface area (TPSA) is 29.9 Å². The van der Waals surface area contributed by atoms with E-state index < -0.39 is 0 Å². The van der Waals surface area contributed by atoms with Gasteiger partial charge in [-0.15, -0.1) is 11.3 Å². The van der Waals surface area contributed by atoms with Crippen molar-refractivity contribution in [2.75, 3.05) is 0 Å². The van der Waals surface area contributed by atoms with Gasteiger partial charge in [-0.25, -0.2) is 0 Å². The minimum atomic E-state index is 0.497. The van der Waals surface area contributed by atoms with Crippen molar-refractivity contribution in [3.63, 3.8) is 0 Å². The fourth-order valence-electron chi connectivity index (χ4n) is 2.93. The van der Waals surface area contributed by atoms with Crippen LogP contribution >= 0.6 is 27.3 Å². The van der Waals surface area contributed by atoms with Crippen molar-refractivity contribution in [3.05, 3.63) is 37.7 Å². The highest BCUT2D eigenvalue weighted by Crippen LogP contribution is 2.33. The molecule has 3 rings (SSSR count). The fourth-order valence-corrected chi connectivity index (χ4v) is 4.67. The molecule has 1 unspecified atom stereocenters. The van der Waals surface area contributed by atoms with Crippen LogP contribution in [0, 0.1) is 0 Å². The van der Waals surface area contributed by atoms with Gasteiger partial charge in [0.2, 0.25) is 0 Å². The third-order valence-electron chi connectivity index (χ3n) is 4.07. The maximum atomic E-state index is 4.56. The predicted octanol–water partition coefficient (Wildman–Crippen LogP) is 3.97. The molecule has 0 fully saturated rings. The Kier molecular flexibility index (Phi) is 4.29. The lowest BCUT2D eigenvalue weighted by molar-refractivity contribution is 0.453. The van der Waals surface area contributed by atoms with Crippen LogP contribution in [0.25, 0.3) is 0 Å². The minimum Gasteiger partial charge on any atom is -0.304 e. The monoisotopic (exact) mass is 353 g/mol. The van der Waals surface area contributed by atoms with Gasteiger partial charge in [0.1, 0.15) is 0 Å². The first-order valence-corrected chi connectivity index (χ1v) is 8.87. The van der Waals surface area contributed by atoms with Crippen LogP contribution in [0.4, 0.5) is 0 Å². The molecular weight excluding hydrogens is 334 g/mol. The molecule has 108 valence electrons. The summed E-state index contributed by atoms with van der Waals surface area (Å²) in [5.74, 6) is 0. The molecule has 0 aromatic carbocycles. The summed E-state index contributed by atoms with van der Waals surface area (Å²) in [5.41, 5.74) is 3.89. The molecule has 5 heteroatoms. The largest absolute Gasteiger partial charge is 0.304 e. The lowest BCUT2D eigenvalue weighted by atomic mass is 9.94. The number of fused-ring (bicyclic) bond motifs is 1. The van der Waals surface area contributed by atoms with E-state index in [4.69, 9.17) is 0 Å². The zero-order valence-corrected chi connectivity index (χ0v) is 14.4. The van der Waals surface area contributed by atoms with Crippen LogP contribution in [-0.4, -0.2) is 9.78 Å². The second kappa shape index (κ2) is 6.00. The van der Waals surface area contributed by atoms with Gasteiger partial charge in [0, 0.05) is 24.5 Å². The zero-order chi connectivity index (χ0) is 14.1. The molecule has 3 nitrogen and oxygen atoms in total. The number of hydrogen-bond acceptors (Lipinski definition) is 3. The van der Waals surface area contributed by atoms with Gasteiger partial charge in [-0.1, -0.05) is 6.92 Å². The third kappa shape index (κ3) is 2.59. The van der Waals surface area contributed by atoms with Crippen LogP contribution in [0.2, 0.25) is 0 Å². The molecule has 2 aromatic rings. The van der Waals surface area contributed by atoms with Gasteiger partial charge in [0.25, 0.3) is 0 Å². The number of aromatic nitrogens is 2. The molecule has 2 heterocycles. The van der Waals surface area contributed by atoms with Gasteiger partial charge in [0.15, 0.2) is 0 Å².